The van der Waals surface area contributed by atoms with Crippen LogP contribution in [0.2, 0.25) is 0 Å². The Morgan fingerprint density at radius 2 is 1.52 bits per heavy atom. The molecule has 0 amide bonds. The fourth-order valence-corrected chi connectivity index (χ4v) is 1.86. The summed E-state index contributed by atoms with van der Waals surface area (Å²) in [5.41, 5.74) is 4.01. The maximum absolute atomic E-state index is 4.75. The SMILES string of the molecule is Cc1ccc(C#CC(=NC(C)(C)C)c2ccccc2)cc1. The van der Waals surface area contributed by atoms with Crippen molar-refractivity contribution in [2.24, 2.45) is 4.99 Å². The summed E-state index contributed by atoms with van der Waals surface area (Å²) in [6.07, 6.45) is 0. The van der Waals surface area contributed by atoms with Crippen LogP contribution < -0.4 is 0 Å². The van der Waals surface area contributed by atoms with Crippen molar-refractivity contribution in [1.82, 2.24) is 0 Å². The predicted molar refractivity (Wildman–Crippen MR) is 90.8 cm³/mol. The van der Waals surface area contributed by atoms with Crippen LogP contribution in [-0.2, 0) is 0 Å². The van der Waals surface area contributed by atoms with Crippen LogP contribution >= 0.6 is 0 Å². The van der Waals surface area contributed by atoms with Gasteiger partial charge in [0.2, 0.25) is 0 Å². The summed E-state index contributed by atoms with van der Waals surface area (Å²) >= 11 is 0. The van der Waals surface area contributed by atoms with Gasteiger partial charge in [-0.2, -0.15) is 0 Å². The third-order valence-corrected chi connectivity index (χ3v) is 2.87. The van der Waals surface area contributed by atoms with Gasteiger partial charge in [-0.3, -0.25) is 4.99 Å². The average molecular weight is 275 g/mol. The van der Waals surface area contributed by atoms with Crippen LogP contribution in [0.3, 0.4) is 0 Å². The van der Waals surface area contributed by atoms with Crippen molar-refractivity contribution in [3.63, 3.8) is 0 Å². The molecular weight excluding hydrogens is 254 g/mol. The first-order valence-corrected chi connectivity index (χ1v) is 7.18. The van der Waals surface area contributed by atoms with Crippen LogP contribution in [0.5, 0.6) is 0 Å². The van der Waals surface area contributed by atoms with Gasteiger partial charge in [0, 0.05) is 11.1 Å². The average Bonchev–Trinajstić information content (AvgIpc) is 2.45. The zero-order valence-corrected chi connectivity index (χ0v) is 13.1. The van der Waals surface area contributed by atoms with E-state index < -0.39 is 0 Å². The predicted octanol–water partition coefficient (Wildman–Crippen LogP) is 4.63. The van der Waals surface area contributed by atoms with Crippen LogP contribution in [0.15, 0.2) is 59.6 Å². The topological polar surface area (TPSA) is 12.4 Å². The highest BCUT2D eigenvalue weighted by Crippen LogP contribution is 2.11. The van der Waals surface area contributed by atoms with E-state index in [1.165, 1.54) is 5.56 Å². The highest BCUT2D eigenvalue weighted by atomic mass is 14.8. The maximum atomic E-state index is 4.75. The largest absolute Gasteiger partial charge is 0.270 e. The van der Waals surface area contributed by atoms with Gasteiger partial charge in [0.15, 0.2) is 0 Å². The Labute approximate surface area is 127 Å². The first kappa shape index (κ1) is 15.1. The van der Waals surface area contributed by atoms with Crippen molar-refractivity contribution in [2.75, 3.05) is 0 Å². The molecule has 0 aliphatic heterocycles. The van der Waals surface area contributed by atoms with Crippen LogP contribution in [-0.4, -0.2) is 11.3 Å². The van der Waals surface area contributed by atoms with Gasteiger partial charge >= 0.3 is 0 Å². The van der Waals surface area contributed by atoms with Gasteiger partial charge in [0.25, 0.3) is 0 Å². The molecule has 0 saturated heterocycles. The fraction of sp³-hybridized carbons (Fsp3) is 0.250. The molecule has 1 nitrogen and oxygen atoms in total. The summed E-state index contributed by atoms with van der Waals surface area (Å²) in [6, 6.07) is 18.4. The van der Waals surface area contributed by atoms with E-state index in [1.54, 1.807) is 0 Å². The van der Waals surface area contributed by atoms with E-state index in [2.05, 4.69) is 51.7 Å². The van der Waals surface area contributed by atoms with E-state index >= 15 is 0 Å². The molecule has 0 aliphatic rings. The summed E-state index contributed by atoms with van der Waals surface area (Å²) < 4.78 is 0. The summed E-state index contributed by atoms with van der Waals surface area (Å²) in [5.74, 6) is 6.44. The van der Waals surface area contributed by atoms with E-state index in [1.807, 2.05) is 42.5 Å². The Morgan fingerprint density at radius 1 is 0.905 bits per heavy atom. The van der Waals surface area contributed by atoms with Crippen molar-refractivity contribution < 1.29 is 0 Å². The minimum Gasteiger partial charge on any atom is -0.270 e. The number of aliphatic imine (C=N–C) groups is 1. The molecule has 2 aromatic rings. The zero-order chi connectivity index (χ0) is 15.3. The van der Waals surface area contributed by atoms with Gasteiger partial charge in [-0.1, -0.05) is 53.9 Å². The van der Waals surface area contributed by atoms with Gasteiger partial charge in [0.1, 0.15) is 5.71 Å². The zero-order valence-electron chi connectivity index (χ0n) is 13.1. The number of benzene rings is 2. The fourth-order valence-electron chi connectivity index (χ4n) is 1.86. The molecule has 0 unspecified atom stereocenters. The molecule has 21 heavy (non-hydrogen) atoms. The lowest BCUT2D eigenvalue weighted by Gasteiger charge is -2.13. The van der Waals surface area contributed by atoms with E-state index in [9.17, 15) is 0 Å². The quantitative estimate of drug-likeness (QED) is 0.531. The third-order valence-electron chi connectivity index (χ3n) is 2.87. The van der Waals surface area contributed by atoms with Crippen molar-refractivity contribution in [2.45, 2.75) is 33.2 Å². The molecule has 2 rings (SSSR count). The van der Waals surface area contributed by atoms with E-state index in [-0.39, 0.29) is 5.54 Å². The van der Waals surface area contributed by atoms with E-state index in [4.69, 9.17) is 4.99 Å². The van der Waals surface area contributed by atoms with Gasteiger partial charge in [-0.15, -0.1) is 0 Å². The smallest absolute Gasteiger partial charge is 0.115 e. The van der Waals surface area contributed by atoms with Crippen LogP contribution in [0.25, 0.3) is 0 Å². The molecule has 0 spiro atoms. The van der Waals surface area contributed by atoms with E-state index in [0.717, 1.165) is 16.8 Å². The number of nitrogens with zero attached hydrogens (tertiary/aromatic N) is 1. The second-order valence-electron chi connectivity index (χ2n) is 6.11. The molecule has 0 heterocycles. The van der Waals surface area contributed by atoms with E-state index in [0.29, 0.717) is 0 Å². The van der Waals surface area contributed by atoms with Crippen LogP contribution in [0.4, 0.5) is 0 Å². The van der Waals surface area contributed by atoms with Crippen LogP contribution in [0.1, 0.15) is 37.5 Å². The molecule has 1 heteroatoms. The molecular formula is C20H21N. The first-order valence-electron chi connectivity index (χ1n) is 7.18. The summed E-state index contributed by atoms with van der Waals surface area (Å²) in [4.78, 5) is 4.75. The number of hydrogen-bond donors (Lipinski definition) is 0. The molecule has 0 aromatic heterocycles. The summed E-state index contributed by atoms with van der Waals surface area (Å²) in [5, 5.41) is 0. The molecule has 0 aliphatic carbocycles. The lowest BCUT2D eigenvalue weighted by Crippen LogP contribution is -2.14. The number of rotatable bonds is 1. The molecule has 0 atom stereocenters. The first-order chi connectivity index (χ1) is 9.94. The minimum absolute atomic E-state index is 0.146. The third kappa shape index (κ3) is 4.93. The normalized spacial score (nSPS) is 11.7. The van der Waals surface area contributed by atoms with Crippen molar-refractivity contribution in [3.8, 4) is 11.8 Å². The highest BCUT2D eigenvalue weighted by molar-refractivity contribution is 6.13. The summed E-state index contributed by atoms with van der Waals surface area (Å²) in [7, 11) is 0. The Kier molecular flexibility index (Phi) is 4.60. The van der Waals surface area contributed by atoms with Crippen molar-refractivity contribution in [1.29, 1.82) is 0 Å². The van der Waals surface area contributed by atoms with Crippen molar-refractivity contribution >= 4 is 5.71 Å². The number of aryl methyl sites for hydroxylation is 1. The highest BCUT2D eigenvalue weighted by Gasteiger charge is 2.10. The second kappa shape index (κ2) is 6.41. The van der Waals surface area contributed by atoms with Gasteiger partial charge in [0.05, 0.1) is 5.54 Å². The molecule has 106 valence electrons. The van der Waals surface area contributed by atoms with Crippen molar-refractivity contribution in [3.05, 3.63) is 71.3 Å². The standard InChI is InChI=1S/C20H21N/c1-16-10-12-17(13-11-16)14-15-19(21-20(2,3)4)18-8-6-5-7-9-18/h5-13H,1-4H3. The lowest BCUT2D eigenvalue weighted by atomic mass is 10.1. The Balaban J connectivity index is 2.39. The molecule has 0 fully saturated rings. The molecule has 0 saturated carbocycles. The number of hydrogen-bond acceptors (Lipinski definition) is 1. The van der Waals surface area contributed by atoms with Gasteiger partial charge < -0.3 is 0 Å². The maximum Gasteiger partial charge on any atom is 0.115 e. The summed E-state index contributed by atoms with van der Waals surface area (Å²) in [6.45, 7) is 8.34. The molecule has 0 N–H and O–H groups in total. The van der Waals surface area contributed by atoms with Gasteiger partial charge in [-0.05, 0) is 45.7 Å². The molecule has 0 radical (unpaired) electrons. The van der Waals surface area contributed by atoms with Crippen LogP contribution in [0, 0.1) is 18.8 Å². The molecule has 0 bridgehead atoms. The Hall–Kier alpha value is -2.33. The molecule has 2 aromatic carbocycles. The lowest BCUT2D eigenvalue weighted by molar-refractivity contribution is 0.585. The minimum atomic E-state index is -0.146. The second-order valence-corrected chi connectivity index (χ2v) is 6.11. The monoisotopic (exact) mass is 275 g/mol. The Morgan fingerprint density at radius 3 is 2.10 bits per heavy atom. The van der Waals surface area contributed by atoms with Gasteiger partial charge in [-0.25, -0.2) is 0 Å². The Bertz CT molecular complexity index is 675.